The van der Waals surface area contributed by atoms with Gasteiger partial charge in [-0.1, -0.05) is 25.5 Å². The van der Waals surface area contributed by atoms with Crippen LogP contribution in [0.15, 0.2) is 36.4 Å². The third-order valence-electron chi connectivity index (χ3n) is 4.02. The predicted molar refractivity (Wildman–Crippen MR) is 98.6 cm³/mol. The highest BCUT2D eigenvalue weighted by molar-refractivity contribution is 5.98. The average molecular weight is 386 g/mol. The first-order valence-electron chi connectivity index (χ1n) is 8.62. The lowest BCUT2D eigenvalue weighted by atomic mass is 10.1. The van der Waals surface area contributed by atoms with Crippen LogP contribution in [-0.4, -0.2) is 30.2 Å². The van der Waals surface area contributed by atoms with Gasteiger partial charge in [0, 0.05) is 11.8 Å². The van der Waals surface area contributed by atoms with Gasteiger partial charge in [-0.05, 0) is 24.1 Å². The van der Waals surface area contributed by atoms with Gasteiger partial charge in [0.2, 0.25) is 6.79 Å². The number of rotatable bonds is 7. The molecule has 1 aliphatic rings. The van der Waals surface area contributed by atoms with Crippen molar-refractivity contribution < 1.29 is 28.7 Å². The number of fused-ring (bicyclic) bond motifs is 1. The topological polar surface area (TPSA) is 117 Å². The maximum absolute atomic E-state index is 12.2. The summed E-state index contributed by atoms with van der Waals surface area (Å²) in [7, 11) is 0. The summed E-state index contributed by atoms with van der Waals surface area (Å²) in [6, 6.07) is 9.59. The van der Waals surface area contributed by atoms with Crippen molar-refractivity contribution in [3.8, 4) is 11.5 Å². The van der Waals surface area contributed by atoms with Crippen molar-refractivity contribution in [2.75, 3.05) is 18.7 Å². The fourth-order valence-electron chi connectivity index (χ4n) is 2.70. The summed E-state index contributed by atoms with van der Waals surface area (Å²) in [6.45, 7) is 1.40. The van der Waals surface area contributed by atoms with Crippen molar-refractivity contribution in [3.05, 3.63) is 57.6 Å². The highest BCUT2D eigenvalue weighted by Crippen LogP contribution is 2.38. The number of amides is 1. The molecule has 2 aromatic rings. The number of aryl methyl sites for hydroxylation is 1. The molecular weight excluding hydrogens is 368 g/mol. The molecule has 1 heterocycles. The van der Waals surface area contributed by atoms with Gasteiger partial charge in [0.05, 0.1) is 11.0 Å². The van der Waals surface area contributed by atoms with Crippen LogP contribution in [0.4, 0.5) is 11.4 Å². The Morgan fingerprint density at radius 1 is 1.18 bits per heavy atom. The summed E-state index contributed by atoms with van der Waals surface area (Å²) >= 11 is 0. The van der Waals surface area contributed by atoms with Gasteiger partial charge in [0.25, 0.3) is 11.6 Å². The second kappa shape index (κ2) is 8.38. The Hall–Kier alpha value is -3.62. The lowest BCUT2D eigenvalue weighted by Gasteiger charge is -2.08. The number of nitro groups is 1. The monoisotopic (exact) mass is 386 g/mol. The van der Waals surface area contributed by atoms with Crippen molar-refractivity contribution in [3.63, 3.8) is 0 Å². The Morgan fingerprint density at radius 3 is 2.50 bits per heavy atom. The number of carbonyl (C=O) groups excluding carboxylic acids is 2. The Bertz CT molecular complexity index is 909. The van der Waals surface area contributed by atoms with Crippen LogP contribution in [0.3, 0.4) is 0 Å². The molecule has 1 N–H and O–H groups in total. The van der Waals surface area contributed by atoms with E-state index in [1.54, 1.807) is 12.1 Å². The molecule has 0 saturated heterocycles. The molecule has 0 radical (unpaired) electrons. The van der Waals surface area contributed by atoms with Gasteiger partial charge in [0.15, 0.2) is 18.1 Å². The first-order valence-corrected chi connectivity index (χ1v) is 8.62. The number of hydrogen-bond donors (Lipinski definition) is 1. The second-order valence-electron chi connectivity index (χ2n) is 6.05. The number of esters is 1. The molecule has 0 bridgehead atoms. The van der Waals surface area contributed by atoms with Crippen LogP contribution in [0.1, 0.15) is 29.3 Å². The summed E-state index contributed by atoms with van der Waals surface area (Å²) in [6.07, 6.45) is 1.97. The first-order chi connectivity index (χ1) is 13.5. The van der Waals surface area contributed by atoms with Crippen LogP contribution in [0.5, 0.6) is 11.5 Å². The fourth-order valence-corrected chi connectivity index (χ4v) is 2.70. The van der Waals surface area contributed by atoms with Gasteiger partial charge in [0.1, 0.15) is 5.56 Å². The SMILES string of the molecule is CCCc1ccc(NC(=O)COC(=O)c2cc3c(cc2[N+](=O)[O-])OCO3)cc1. The predicted octanol–water partition coefficient (Wildman–Crippen LogP) is 3.07. The molecule has 0 spiro atoms. The Balaban J connectivity index is 1.62. The first kappa shape index (κ1) is 19.2. The van der Waals surface area contributed by atoms with Crippen molar-refractivity contribution in [1.82, 2.24) is 0 Å². The number of anilines is 1. The van der Waals surface area contributed by atoms with Crippen LogP contribution in [-0.2, 0) is 16.0 Å². The van der Waals surface area contributed by atoms with Crippen molar-refractivity contribution in [2.45, 2.75) is 19.8 Å². The zero-order valence-corrected chi connectivity index (χ0v) is 15.1. The van der Waals surface area contributed by atoms with E-state index in [4.69, 9.17) is 14.2 Å². The standard InChI is InChI=1S/C19H18N2O7/c1-2-3-12-4-6-13(7-5-12)20-18(22)10-26-19(23)14-8-16-17(28-11-27-16)9-15(14)21(24)25/h4-9H,2-3,10-11H2,1H3,(H,20,22). The molecule has 2 aromatic carbocycles. The number of carbonyl (C=O) groups is 2. The Morgan fingerprint density at radius 2 is 1.86 bits per heavy atom. The molecule has 0 atom stereocenters. The van der Waals surface area contributed by atoms with Crippen LogP contribution >= 0.6 is 0 Å². The summed E-state index contributed by atoms with van der Waals surface area (Å²) in [5.41, 5.74) is 0.921. The van der Waals surface area contributed by atoms with E-state index in [1.807, 2.05) is 12.1 Å². The Labute approximate surface area is 160 Å². The molecule has 28 heavy (non-hydrogen) atoms. The number of nitro benzene ring substituents is 1. The van der Waals surface area contributed by atoms with Crippen LogP contribution in [0.25, 0.3) is 0 Å². The Kier molecular flexibility index (Phi) is 5.73. The van der Waals surface area contributed by atoms with E-state index in [9.17, 15) is 19.7 Å². The third kappa shape index (κ3) is 4.37. The molecule has 0 aromatic heterocycles. The zero-order valence-electron chi connectivity index (χ0n) is 15.1. The average Bonchev–Trinajstić information content (AvgIpc) is 3.14. The molecule has 1 aliphatic heterocycles. The van der Waals surface area contributed by atoms with E-state index in [1.165, 1.54) is 6.07 Å². The van der Waals surface area contributed by atoms with Crippen molar-refractivity contribution >= 4 is 23.3 Å². The van der Waals surface area contributed by atoms with Crippen LogP contribution in [0.2, 0.25) is 0 Å². The van der Waals surface area contributed by atoms with Gasteiger partial charge in [-0.2, -0.15) is 0 Å². The van der Waals surface area contributed by atoms with Gasteiger partial charge in [-0.25, -0.2) is 4.79 Å². The van der Waals surface area contributed by atoms with Crippen LogP contribution < -0.4 is 14.8 Å². The minimum Gasteiger partial charge on any atom is -0.454 e. The second-order valence-corrected chi connectivity index (χ2v) is 6.05. The highest BCUT2D eigenvalue weighted by atomic mass is 16.7. The quantitative estimate of drug-likeness (QED) is 0.441. The van der Waals surface area contributed by atoms with Gasteiger partial charge in [-0.3, -0.25) is 14.9 Å². The van der Waals surface area contributed by atoms with E-state index in [-0.39, 0.29) is 23.9 Å². The number of benzene rings is 2. The summed E-state index contributed by atoms with van der Waals surface area (Å²) in [5, 5.41) is 13.8. The van der Waals surface area contributed by atoms with Crippen molar-refractivity contribution in [2.24, 2.45) is 0 Å². The fraction of sp³-hybridized carbons (Fsp3) is 0.263. The molecule has 9 heteroatoms. The molecule has 9 nitrogen and oxygen atoms in total. The van der Waals surface area contributed by atoms with E-state index in [0.717, 1.165) is 24.5 Å². The summed E-state index contributed by atoms with van der Waals surface area (Å²) in [5.74, 6) is -1.18. The molecule has 146 valence electrons. The largest absolute Gasteiger partial charge is 0.454 e. The van der Waals surface area contributed by atoms with Crippen LogP contribution in [0, 0.1) is 10.1 Å². The number of nitrogens with one attached hydrogen (secondary N) is 1. The summed E-state index contributed by atoms with van der Waals surface area (Å²) in [4.78, 5) is 34.7. The lowest BCUT2D eigenvalue weighted by molar-refractivity contribution is -0.385. The molecule has 3 rings (SSSR count). The van der Waals surface area contributed by atoms with Gasteiger partial charge < -0.3 is 19.5 Å². The molecule has 1 amide bonds. The van der Waals surface area contributed by atoms with Gasteiger partial charge in [-0.15, -0.1) is 0 Å². The van der Waals surface area contributed by atoms with E-state index in [0.29, 0.717) is 5.69 Å². The number of hydrogen-bond acceptors (Lipinski definition) is 7. The maximum Gasteiger partial charge on any atom is 0.345 e. The molecule has 0 saturated carbocycles. The van der Waals surface area contributed by atoms with Crippen molar-refractivity contribution in [1.29, 1.82) is 0 Å². The maximum atomic E-state index is 12.2. The smallest absolute Gasteiger partial charge is 0.345 e. The zero-order chi connectivity index (χ0) is 20.1. The van der Waals surface area contributed by atoms with E-state index >= 15 is 0 Å². The summed E-state index contributed by atoms with van der Waals surface area (Å²) < 4.78 is 15.1. The lowest BCUT2D eigenvalue weighted by Crippen LogP contribution is -2.21. The van der Waals surface area contributed by atoms with E-state index in [2.05, 4.69) is 12.2 Å². The number of ether oxygens (including phenoxy) is 3. The molecular formula is C19H18N2O7. The minimum absolute atomic E-state index is 0.0928. The minimum atomic E-state index is -1.00. The van der Waals surface area contributed by atoms with E-state index < -0.39 is 29.1 Å². The number of nitrogens with zero attached hydrogens (tertiary/aromatic N) is 1. The molecule has 0 fully saturated rings. The van der Waals surface area contributed by atoms with Gasteiger partial charge >= 0.3 is 5.97 Å². The molecule has 0 aliphatic carbocycles. The normalized spacial score (nSPS) is 11.8. The molecule has 0 unspecified atom stereocenters. The third-order valence-corrected chi connectivity index (χ3v) is 4.02. The highest BCUT2D eigenvalue weighted by Gasteiger charge is 2.28.